The van der Waals surface area contributed by atoms with Crippen LogP contribution in [-0.2, 0) is 22.9 Å². The molecule has 2 aliphatic heterocycles. The van der Waals surface area contributed by atoms with Crippen LogP contribution in [0.25, 0.3) is 22.3 Å². The number of nitrogens with one attached hydrogen (secondary N) is 1. The molecule has 1 saturated heterocycles. The number of sulfone groups is 1. The van der Waals surface area contributed by atoms with Crippen LogP contribution in [0.5, 0.6) is 0 Å². The molecule has 11 nitrogen and oxygen atoms in total. The number of amides is 1. The summed E-state index contributed by atoms with van der Waals surface area (Å²) in [5, 5.41) is 3.62. The standard InChI is InChI=1S/C32H29N7O4S/c1-44(42,43)25-11-22(13-33-16-25)32(41)35-15-24-12-28-21(14-34-24)8-9-27(36-28)26-4-2-6-30(37-26)38-17-20-10-23(19-38)29-5-3-7-31(40)39(29)18-20/h2-9,11-14,16,20,23H,10,15,17-19H2,1H3,(H,35,41)/t20-,23+/m0/s1. The molecule has 0 aliphatic carbocycles. The van der Waals surface area contributed by atoms with Gasteiger partial charge in [0.05, 0.1) is 39.6 Å². The lowest BCUT2D eigenvalue weighted by molar-refractivity contribution is 0.0950. The van der Waals surface area contributed by atoms with Crippen molar-refractivity contribution in [2.45, 2.75) is 30.3 Å². The molecule has 5 aromatic rings. The van der Waals surface area contributed by atoms with Gasteiger partial charge in [0.2, 0.25) is 0 Å². The average molecular weight is 608 g/mol. The van der Waals surface area contributed by atoms with Gasteiger partial charge < -0.3 is 14.8 Å². The number of carbonyl (C=O) groups is 1. The molecule has 0 unspecified atom stereocenters. The minimum atomic E-state index is -3.48. The fourth-order valence-electron chi connectivity index (χ4n) is 6.14. The predicted octanol–water partition coefficient (Wildman–Crippen LogP) is 3.21. The maximum atomic E-state index is 12.7. The Kier molecular flexibility index (Phi) is 6.92. The average Bonchev–Trinajstić information content (AvgIpc) is 3.03. The van der Waals surface area contributed by atoms with Crippen LogP contribution in [0, 0.1) is 5.92 Å². The van der Waals surface area contributed by atoms with Crippen molar-refractivity contribution in [1.29, 1.82) is 0 Å². The predicted molar refractivity (Wildman–Crippen MR) is 165 cm³/mol. The fourth-order valence-corrected chi connectivity index (χ4v) is 6.73. The molecule has 1 fully saturated rings. The molecule has 1 N–H and O–H groups in total. The van der Waals surface area contributed by atoms with E-state index in [2.05, 4.69) is 26.3 Å². The summed E-state index contributed by atoms with van der Waals surface area (Å²) in [4.78, 5) is 45.6. The van der Waals surface area contributed by atoms with Crippen molar-refractivity contribution in [3.63, 3.8) is 0 Å². The van der Waals surface area contributed by atoms with Gasteiger partial charge in [0.15, 0.2) is 9.84 Å². The van der Waals surface area contributed by atoms with Gasteiger partial charge in [-0.15, -0.1) is 0 Å². The lowest BCUT2D eigenvalue weighted by Gasteiger charge is -2.43. The van der Waals surface area contributed by atoms with Crippen molar-refractivity contribution >= 4 is 32.5 Å². The first-order valence-corrected chi connectivity index (χ1v) is 16.2. The second kappa shape index (κ2) is 10.9. The Morgan fingerprint density at radius 3 is 2.66 bits per heavy atom. The summed E-state index contributed by atoms with van der Waals surface area (Å²) in [5.74, 6) is 1.10. The summed E-state index contributed by atoms with van der Waals surface area (Å²) in [5.41, 5.74) is 4.11. The number of rotatable bonds is 6. The highest BCUT2D eigenvalue weighted by atomic mass is 32.2. The number of anilines is 1. The van der Waals surface area contributed by atoms with Gasteiger partial charge in [0.1, 0.15) is 5.82 Å². The van der Waals surface area contributed by atoms with E-state index < -0.39 is 15.7 Å². The Bertz CT molecular complexity index is 2100. The van der Waals surface area contributed by atoms with E-state index in [0.29, 0.717) is 17.1 Å². The van der Waals surface area contributed by atoms with Gasteiger partial charge in [-0.2, -0.15) is 0 Å². The summed E-state index contributed by atoms with van der Waals surface area (Å²) in [6, 6.07) is 18.5. The topological polar surface area (TPSA) is 140 Å². The van der Waals surface area contributed by atoms with E-state index in [1.807, 2.05) is 47.0 Å². The van der Waals surface area contributed by atoms with E-state index in [1.54, 1.807) is 12.3 Å². The van der Waals surface area contributed by atoms with Gasteiger partial charge >= 0.3 is 0 Å². The zero-order valence-electron chi connectivity index (χ0n) is 23.9. The van der Waals surface area contributed by atoms with Gasteiger partial charge in [-0.25, -0.2) is 18.4 Å². The van der Waals surface area contributed by atoms with E-state index in [0.717, 1.165) is 60.6 Å². The zero-order chi connectivity index (χ0) is 30.4. The Hall–Kier alpha value is -4.97. The molecule has 7 heterocycles. The lowest BCUT2D eigenvalue weighted by Crippen LogP contribution is -2.47. The number of hydrogen-bond acceptors (Lipinski definition) is 9. The summed E-state index contributed by atoms with van der Waals surface area (Å²) in [6.45, 7) is 2.50. The molecule has 5 aromatic heterocycles. The van der Waals surface area contributed by atoms with Crippen molar-refractivity contribution in [2.75, 3.05) is 24.2 Å². The Morgan fingerprint density at radius 1 is 0.955 bits per heavy atom. The SMILES string of the molecule is CS(=O)(=O)c1cncc(C(=O)NCc2cc3nc(-c4cccc(N5C[C@@H]6C[C@H](C5)c5cccc(=O)n5C6)n4)ccc3cn2)c1. The minimum absolute atomic E-state index is 0.0197. The zero-order valence-corrected chi connectivity index (χ0v) is 24.7. The van der Waals surface area contributed by atoms with Crippen molar-refractivity contribution in [3.8, 4) is 11.4 Å². The van der Waals surface area contributed by atoms with Crippen molar-refractivity contribution in [2.24, 2.45) is 5.92 Å². The molecule has 44 heavy (non-hydrogen) atoms. The molecule has 7 rings (SSSR count). The number of hydrogen-bond donors (Lipinski definition) is 1. The molecular weight excluding hydrogens is 578 g/mol. The smallest absolute Gasteiger partial charge is 0.253 e. The summed E-state index contributed by atoms with van der Waals surface area (Å²) >= 11 is 0. The molecule has 2 atom stereocenters. The maximum Gasteiger partial charge on any atom is 0.253 e. The number of piperidine rings is 1. The number of carbonyl (C=O) groups excluding carboxylic acids is 1. The summed E-state index contributed by atoms with van der Waals surface area (Å²) in [6.07, 6.45) is 6.39. The highest BCUT2D eigenvalue weighted by molar-refractivity contribution is 7.90. The Morgan fingerprint density at radius 2 is 1.80 bits per heavy atom. The minimum Gasteiger partial charge on any atom is -0.356 e. The quantitative estimate of drug-likeness (QED) is 0.308. The number of fused-ring (bicyclic) bond motifs is 5. The second-order valence-electron chi connectivity index (χ2n) is 11.4. The molecule has 12 heteroatoms. The number of pyridine rings is 5. The fraction of sp³-hybridized carbons (Fsp3) is 0.250. The highest BCUT2D eigenvalue weighted by Crippen LogP contribution is 2.36. The molecule has 0 aromatic carbocycles. The first-order valence-electron chi connectivity index (χ1n) is 14.3. The van der Waals surface area contributed by atoms with Crippen molar-refractivity contribution in [3.05, 3.63) is 107 Å². The summed E-state index contributed by atoms with van der Waals surface area (Å²) < 4.78 is 25.6. The van der Waals surface area contributed by atoms with Crippen LogP contribution in [0.1, 0.15) is 34.1 Å². The molecule has 0 spiro atoms. The van der Waals surface area contributed by atoms with E-state index in [-0.39, 0.29) is 28.5 Å². The van der Waals surface area contributed by atoms with Crippen LogP contribution in [0.4, 0.5) is 5.82 Å². The van der Waals surface area contributed by atoms with Gasteiger partial charge in [0.25, 0.3) is 11.5 Å². The van der Waals surface area contributed by atoms with Crippen molar-refractivity contribution in [1.82, 2.24) is 29.8 Å². The molecule has 2 aliphatic rings. The first-order chi connectivity index (χ1) is 21.2. The largest absolute Gasteiger partial charge is 0.356 e. The van der Waals surface area contributed by atoms with E-state index in [4.69, 9.17) is 9.97 Å². The third kappa shape index (κ3) is 5.44. The third-order valence-electron chi connectivity index (χ3n) is 8.26. The van der Waals surface area contributed by atoms with Crippen LogP contribution < -0.4 is 15.8 Å². The second-order valence-corrected chi connectivity index (χ2v) is 13.4. The molecule has 1 amide bonds. The van der Waals surface area contributed by atoms with Gasteiger partial charge in [-0.1, -0.05) is 12.1 Å². The number of nitrogens with zero attached hydrogens (tertiary/aromatic N) is 6. The molecule has 2 bridgehead atoms. The number of aromatic nitrogens is 5. The molecular formula is C32H29N7O4S. The van der Waals surface area contributed by atoms with Crippen LogP contribution in [0.15, 0.2) is 88.9 Å². The lowest BCUT2D eigenvalue weighted by atomic mass is 9.83. The molecule has 222 valence electrons. The normalized spacial score (nSPS) is 17.7. The van der Waals surface area contributed by atoms with E-state index >= 15 is 0 Å². The summed E-state index contributed by atoms with van der Waals surface area (Å²) in [7, 11) is -3.48. The van der Waals surface area contributed by atoms with Crippen LogP contribution in [-0.4, -0.2) is 58.2 Å². The van der Waals surface area contributed by atoms with E-state index in [9.17, 15) is 18.0 Å². The van der Waals surface area contributed by atoms with Crippen LogP contribution in [0.3, 0.4) is 0 Å². The van der Waals surface area contributed by atoms with Crippen molar-refractivity contribution < 1.29 is 13.2 Å². The van der Waals surface area contributed by atoms with Gasteiger partial charge in [-0.3, -0.25) is 19.6 Å². The van der Waals surface area contributed by atoms with E-state index in [1.165, 1.54) is 18.5 Å². The Labute approximate surface area is 253 Å². The Balaban J connectivity index is 1.09. The molecule has 0 radical (unpaired) electrons. The first kappa shape index (κ1) is 27.8. The highest BCUT2D eigenvalue weighted by Gasteiger charge is 2.35. The van der Waals surface area contributed by atoms with Gasteiger partial charge in [0, 0.05) is 67.5 Å². The monoisotopic (exact) mass is 607 g/mol. The maximum absolute atomic E-state index is 12.7. The van der Waals surface area contributed by atoms with Crippen LogP contribution in [0.2, 0.25) is 0 Å². The third-order valence-corrected chi connectivity index (χ3v) is 9.34. The van der Waals surface area contributed by atoms with Gasteiger partial charge in [-0.05, 0) is 54.8 Å². The molecule has 0 saturated carbocycles. The van der Waals surface area contributed by atoms with Crippen LogP contribution >= 0.6 is 0 Å².